The quantitative estimate of drug-likeness (QED) is 0.389. The molecule has 0 fully saturated rings. The number of hydrogen-bond acceptors (Lipinski definition) is 6. The molecule has 26 heavy (non-hydrogen) atoms. The summed E-state index contributed by atoms with van der Waals surface area (Å²) < 4.78 is 17.4. The molecule has 0 amide bonds. The number of fused-ring (bicyclic) bond motifs is 1. The highest BCUT2D eigenvalue weighted by molar-refractivity contribution is 7.71. The number of allylic oxidation sites excluding steroid dienone is 1. The molecule has 0 aliphatic heterocycles. The van der Waals surface area contributed by atoms with Gasteiger partial charge >= 0.3 is 0 Å². The highest BCUT2D eigenvalue weighted by atomic mass is 32.1. The van der Waals surface area contributed by atoms with Crippen molar-refractivity contribution in [2.75, 3.05) is 13.7 Å². The number of carbonyl (C=O) groups is 1. The Morgan fingerprint density at radius 1 is 1.42 bits per heavy atom. The molecule has 0 bridgehead atoms. The van der Waals surface area contributed by atoms with Crippen LogP contribution in [0.1, 0.15) is 10.4 Å². The zero-order valence-electron chi connectivity index (χ0n) is 13.8. The Labute approximate surface area is 154 Å². The van der Waals surface area contributed by atoms with Crippen molar-refractivity contribution < 1.29 is 18.7 Å². The van der Waals surface area contributed by atoms with Gasteiger partial charge in [0.2, 0.25) is 0 Å². The highest BCUT2D eigenvalue weighted by Gasteiger charge is 2.11. The van der Waals surface area contributed by atoms with Gasteiger partial charge in [-0.25, -0.2) is 4.57 Å². The van der Waals surface area contributed by atoms with E-state index in [0.29, 0.717) is 22.6 Å². The lowest BCUT2D eigenvalue weighted by Crippen LogP contribution is -2.06. The molecule has 0 aliphatic rings. The molecule has 0 unspecified atom stereocenters. The molecule has 130 valence electrons. The summed E-state index contributed by atoms with van der Waals surface area (Å²) in [7, 11) is 1.53. The number of methoxy groups -OCH3 is 1. The second-order valence-corrected chi connectivity index (χ2v) is 5.47. The Bertz CT molecular complexity index is 1090. The van der Waals surface area contributed by atoms with Gasteiger partial charge < -0.3 is 13.9 Å². The van der Waals surface area contributed by atoms with E-state index in [1.807, 2.05) is 0 Å². The van der Waals surface area contributed by atoms with E-state index in [4.69, 9.17) is 32.5 Å². The fourth-order valence-electron chi connectivity index (χ4n) is 2.35. The maximum absolute atomic E-state index is 12.5. The van der Waals surface area contributed by atoms with Crippen LogP contribution in [-0.2, 0) is 0 Å². The minimum absolute atomic E-state index is 0.0678. The van der Waals surface area contributed by atoms with Gasteiger partial charge in [-0.05, 0) is 42.1 Å². The number of aromatic nitrogens is 2. The number of pyridine rings is 1. The van der Waals surface area contributed by atoms with Gasteiger partial charge in [0.15, 0.2) is 17.1 Å². The lowest BCUT2D eigenvalue weighted by atomic mass is 10.2. The molecule has 6 nitrogen and oxygen atoms in total. The first-order valence-electron chi connectivity index (χ1n) is 7.56. The zero-order chi connectivity index (χ0) is 18.5. The van der Waals surface area contributed by atoms with E-state index in [2.05, 4.69) is 10.9 Å². The lowest BCUT2D eigenvalue weighted by Gasteiger charge is -2.09. The predicted molar refractivity (Wildman–Crippen MR) is 99.8 cm³/mol. The number of oxazole rings is 1. The summed E-state index contributed by atoms with van der Waals surface area (Å²) in [5.41, 5.74) is 1.77. The summed E-state index contributed by atoms with van der Waals surface area (Å²) in [6.45, 7) is 0.144. The van der Waals surface area contributed by atoms with E-state index in [0.717, 1.165) is 5.56 Å². The van der Waals surface area contributed by atoms with E-state index in [9.17, 15) is 4.79 Å². The van der Waals surface area contributed by atoms with Crippen molar-refractivity contribution in [3.05, 3.63) is 53.1 Å². The van der Waals surface area contributed by atoms with E-state index >= 15 is 0 Å². The van der Waals surface area contributed by atoms with Crippen LogP contribution in [0.25, 0.3) is 17.2 Å². The third-order valence-electron chi connectivity index (χ3n) is 3.52. The maximum Gasteiger partial charge on any atom is 0.276 e. The first-order valence-corrected chi connectivity index (χ1v) is 7.97. The van der Waals surface area contributed by atoms with Crippen LogP contribution in [-0.4, -0.2) is 29.2 Å². The second kappa shape index (κ2) is 7.68. The van der Waals surface area contributed by atoms with Crippen molar-refractivity contribution in [2.24, 2.45) is 0 Å². The van der Waals surface area contributed by atoms with Crippen molar-refractivity contribution in [1.29, 1.82) is 0 Å². The van der Waals surface area contributed by atoms with Crippen molar-refractivity contribution >= 4 is 35.3 Å². The molecule has 2 heterocycles. The standard InChI is InChI=1S/C19H14N2O4S/c1-3-10-24-15-6-4-13(11-16(15)23-2)5-7-18(22)21-14-8-9-20-12-17(14)25-19(21)26/h1,4-9,11-12H,10H2,2H3/b7-5+. The Kier molecular flexibility index (Phi) is 5.15. The fraction of sp³-hybridized carbons (Fsp3) is 0.105. The van der Waals surface area contributed by atoms with E-state index in [1.54, 1.807) is 36.5 Å². The first kappa shape index (κ1) is 17.5. The number of carbonyl (C=O) groups excluding carboxylic acids is 1. The molecular weight excluding hydrogens is 352 g/mol. The molecule has 0 saturated heterocycles. The van der Waals surface area contributed by atoms with E-state index in [1.165, 1.54) is 23.9 Å². The van der Waals surface area contributed by atoms with Crippen LogP contribution < -0.4 is 9.47 Å². The van der Waals surface area contributed by atoms with Crippen LogP contribution in [0.15, 0.2) is 47.2 Å². The van der Waals surface area contributed by atoms with Gasteiger partial charge in [0.05, 0.1) is 18.8 Å². The number of terminal acetylenes is 1. The largest absolute Gasteiger partial charge is 0.493 e. The van der Waals surface area contributed by atoms with Crippen LogP contribution in [0.3, 0.4) is 0 Å². The van der Waals surface area contributed by atoms with Gasteiger partial charge in [-0.15, -0.1) is 6.42 Å². The molecule has 0 N–H and O–H groups in total. The number of hydrogen-bond donors (Lipinski definition) is 0. The number of benzene rings is 1. The van der Waals surface area contributed by atoms with Crippen LogP contribution in [0.2, 0.25) is 0 Å². The van der Waals surface area contributed by atoms with Gasteiger partial charge in [-0.2, -0.15) is 0 Å². The van der Waals surface area contributed by atoms with Gasteiger partial charge in [-0.3, -0.25) is 9.78 Å². The van der Waals surface area contributed by atoms with Crippen LogP contribution in [0.4, 0.5) is 0 Å². The smallest absolute Gasteiger partial charge is 0.276 e. The normalized spacial score (nSPS) is 10.8. The highest BCUT2D eigenvalue weighted by Crippen LogP contribution is 2.28. The SMILES string of the molecule is C#CCOc1ccc(/C=C/C(=O)n2c(=S)oc3cnccc32)cc1OC. The number of rotatable bonds is 5. The Morgan fingerprint density at radius 3 is 3.04 bits per heavy atom. The summed E-state index contributed by atoms with van der Waals surface area (Å²) in [6, 6.07) is 6.92. The molecule has 0 radical (unpaired) electrons. The van der Waals surface area contributed by atoms with E-state index < -0.39 is 0 Å². The zero-order valence-corrected chi connectivity index (χ0v) is 14.7. The van der Waals surface area contributed by atoms with Gasteiger partial charge in [0, 0.05) is 12.3 Å². The fourth-order valence-corrected chi connectivity index (χ4v) is 2.63. The summed E-state index contributed by atoms with van der Waals surface area (Å²) in [5, 5.41) is 0. The minimum Gasteiger partial charge on any atom is -0.493 e. The average Bonchev–Trinajstić information content (AvgIpc) is 3.00. The van der Waals surface area contributed by atoms with Gasteiger partial charge in [-0.1, -0.05) is 12.0 Å². The van der Waals surface area contributed by atoms with Crippen LogP contribution >= 0.6 is 12.2 Å². The maximum atomic E-state index is 12.5. The first-order chi connectivity index (χ1) is 12.6. The van der Waals surface area contributed by atoms with Gasteiger partial charge in [0.1, 0.15) is 6.61 Å². The minimum atomic E-state index is -0.327. The summed E-state index contributed by atoms with van der Waals surface area (Å²) in [5.74, 6) is 3.12. The van der Waals surface area contributed by atoms with E-state index in [-0.39, 0.29) is 17.4 Å². The third-order valence-corrected chi connectivity index (χ3v) is 3.79. The Balaban J connectivity index is 1.87. The molecule has 3 aromatic rings. The molecule has 2 aromatic heterocycles. The van der Waals surface area contributed by atoms with Crippen molar-refractivity contribution in [1.82, 2.24) is 9.55 Å². The summed E-state index contributed by atoms with van der Waals surface area (Å²) >= 11 is 5.12. The molecule has 0 aliphatic carbocycles. The number of nitrogens with zero attached hydrogens (tertiary/aromatic N) is 2. The Morgan fingerprint density at radius 2 is 2.27 bits per heavy atom. The average molecular weight is 366 g/mol. The molecule has 3 rings (SSSR count). The van der Waals surface area contributed by atoms with Crippen LogP contribution in [0.5, 0.6) is 11.5 Å². The molecule has 0 spiro atoms. The Hall–Kier alpha value is -3.37. The third kappa shape index (κ3) is 3.50. The van der Waals surface area contributed by atoms with Gasteiger partial charge in [0.25, 0.3) is 10.7 Å². The second-order valence-electron chi connectivity index (χ2n) is 5.12. The molecular formula is C19H14N2O4S. The molecule has 0 saturated carbocycles. The molecule has 1 aromatic carbocycles. The summed E-state index contributed by atoms with van der Waals surface area (Å²) in [4.78, 5) is 16.5. The van der Waals surface area contributed by atoms with Crippen molar-refractivity contribution in [2.45, 2.75) is 0 Å². The monoisotopic (exact) mass is 366 g/mol. The van der Waals surface area contributed by atoms with Crippen molar-refractivity contribution in [3.63, 3.8) is 0 Å². The lowest BCUT2D eigenvalue weighted by molar-refractivity contribution is 0.0969. The molecule has 0 atom stereocenters. The van der Waals surface area contributed by atoms with Crippen molar-refractivity contribution in [3.8, 4) is 23.8 Å². The summed E-state index contributed by atoms with van der Waals surface area (Å²) in [6.07, 6.45) is 11.3. The molecule has 7 heteroatoms. The van der Waals surface area contributed by atoms with Crippen LogP contribution in [0, 0.1) is 17.2 Å². The number of ether oxygens (including phenoxy) is 2. The predicted octanol–water partition coefficient (Wildman–Crippen LogP) is 3.73. The topological polar surface area (TPSA) is 66.5 Å².